The summed E-state index contributed by atoms with van der Waals surface area (Å²) in [6.07, 6.45) is 8.21. The maximum atomic E-state index is 12.5. The predicted molar refractivity (Wildman–Crippen MR) is 85.9 cm³/mol. The van der Waals surface area contributed by atoms with Crippen LogP contribution in [0.4, 0.5) is 0 Å². The average Bonchev–Trinajstić information content (AvgIpc) is 3.18. The van der Waals surface area contributed by atoms with Crippen molar-refractivity contribution in [1.29, 1.82) is 0 Å². The van der Waals surface area contributed by atoms with Crippen molar-refractivity contribution >= 4 is 5.91 Å². The summed E-state index contributed by atoms with van der Waals surface area (Å²) in [5.74, 6) is 1.83. The van der Waals surface area contributed by atoms with Gasteiger partial charge in [0, 0.05) is 31.9 Å². The molecule has 2 aromatic rings. The number of nitrogens with zero attached hydrogens (tertiary/aromatic N) is 5. The molecule has 0 radical (unpaired) electrons. The molecule has 3 heterocycles. The topological polar surface area (TPSA) is 79.7 Å². The van der Waals surface area contributed by atoms with Gasteiger partial charge in [-0.05, 0) is 39.5 Å². The number of likely N-dealkylation sites (tertiary alicyclic amines) is 1. The van der Waals surface area contributed by atoms with Crippen LogP contribution in [-0.4, -0.2) is 48.6 Å². The van der Waals surface area contributed by atoms with Crippen molar-refractivity contribution in [3.63, 3.8) is 0 Å². The minimum Gasteiger partial charge on any atom is -0.349 e. The molecule has 0 spiro atoms. The summed E-state index contributed by atoms with van der Waals surface area (Å²) in [5.41, 5.74) is -0.165. The highest BCUT2D eigenvalue weighted by molar-refractivity contribution is 5.90. The number of carbonyl (C=O) groups excluding carboxylic acids is 1. The van der Waals surface area contributed by atoms with Gasteiger partial charge in [0.2, 0.25) is 5.82 Å². The number of hydrogen-bond acceptors (Lipinski definition) is 4. The molecule has 1 fully saturated rings. The second kappa shape index (κ2) is 6.14. The Bertz CT molecular complexity index is 646. The van der Waals surface area contributed by atoms with Crippen LogP contribution in [0.3, 0.4) is 0 Å². The van der Waals surface area contributed by atoms with Crippen molar-refractivity contribution in [2.75, 3.05) is 13.1 Å². The number of aromatic nitrogens is 5. The fraction of sp³-hybridized carbons (Fsp3) is 0.625. The molecule has 124 valence electrons. The first-order valence-corrected chi connectivity index (χ1v) is 8.13. The molecule has 3 rings (SSSR count). The largest absolute Gasteiger partial charge is 0.349 e. The smallest absolute Gasteiger partial charge is 0.293 e. The number of amides is 1. The number of aromatic amines is 1. The Hall–Kier alpha value is -2.18. The summed E-state index contributed by atoms with van der Waals surface area (Å²) in [5, 5.41) is 4.34. The highest BCUT2D eigenvalue weighted by atomic mass is 16.2. The van der Waals surface area contributed by atoms with Gasteiger partial charge in [0.25, 0.3) is 5.91 Å². The van der Waals surface area contributed by atoms with E-state index >= 15 is 0 Å². The van der Waals surface area contributed by atoms with Gasteiger partial charge in [-0.15, -0.1) is 5.10 Å². The molecule has 7 heteroatoms. The third-order valence-electron chi connectivity index (χ3n) is 4.31. The SMILES string of the molecule is CC(C)(C)n1cnc(C(=O)N2CCC(Cc3ncc[nH]3)CC2)n1. The Labute approximate surface area is 136 Å². The lowest BCUT2D eigenvalue weighted by Gasteiger charge is -2.31. The third kappa shape index (κ3) is 3.60. The van der Waals surface area contributed by atoms with Crippen LogP contribution in [-0.2, 0) is 12.0 Å². The summed E-state index contributed by atoms with van der Waals surface area (Å²) < 4.78 is 1.74. The van der Waals surface area contributed by atoms with Crippen molar-refractivity contribution in [2.45, 2.75) is 45.6 Å². The minimum absolute atomic E-state index is 0.0653. The highest BCUT2D eigenvalue weighted by Gasteiger charge is 2.27. The lowest BCUT2D eigenvalue weighted by Crippen LogP contribution is -2.39. The molecular formula is C16H24N6O. The van der Waals surface area contributed by atoms with Gasteiger partial charge in [-0.1, -0.05) is 0 Å². The zero-order chi connectivity index (χ0) is 16.4. The van der Waals surface area contributed by atoms with Crippen molar-refractivity contribution in [3.05, 3.63) is 30.4 Å². The summed E-state index contributed by atoms with van der Waals surface area (Å²) >= 11 is 0. The zero-order valence-electron chi connectivity index (χ0n) is 14.0. The first-order valence-electron chi connectivity index (χ1n) is 8.13. The van der Waals surface area contributed by atoms with Crippen LogP contribution in [0.1, 0.15) is 50.1 Å². The Morgan fingerprint density at radius 3 is 2.61 bits per heavy atom. The number of imidazole rings is 1. The standard InChI is InChI=1S/C16H24N6O/c1-16(2,3)22-11-19-14(20-22)15(23)21-8-4-12(5-9-21)10-13-17-6-7-18-13/h6-7,11-12H,4-5,8-10H2,1-3H3,(H,17,18). The Morgan fingerprint density at radius 2 is 2.04 bits per heavy atom. The molecule has 1 aliphatic rings. The monoisotopic (exact) mass is 316 g/mol. The number of rotatable bonds is 3. The number of H-pyrrole nitrogens is 1. The van der Waals surface area contributed by atoms with Crippen LogP contribution in [0.15, 0.2) is 18.7 Å². The highest BCUT2D eigenvalue weighted by Crippen LogP contribution is 2.21. The van der Waals surface area contributed by atoms with E-state index in [0.717, 1.165) is 38.2 Å². The molecule has 0 aromatic carbocycles. The van der Waals surface area contributed by atoms with Gasteiger partial charge in [-0.25, -0.2) is 14.6 Å². The number of carbonyl (C=O) groups is 1. The van der Waals surface area contributed by atoms with Gasteiger partial charge in [-0.3, -0.25) is 4.79 Å². The van der Waals surface area contributed by atoms with Crippen molar-refractivity contribution in [3.8, 4) is 0 Å². The first kappa shape index (κ1) is 15.7. The van der Waals surface area contributed by atoms with Gasteiger partial charge in [-0.2, -0.15) is 0 Å². The van der Waals surface area contributed by atoms with E-state index in [4.69, 9.17) is 0 Å². The van der Waals surface area contributed by atoms with E-state index < -0.39 is 0 Å². The Morgan fingerprint density at radius 1 is 1.30 bits per heavy atom. The molecule has 1 amide bonds. The average molecular weight is 316 g/mol. The molecule has 0 aliphatic carbocycles. The Balaban J connectivity index is 1.57. The molecule has 23 heavy (non-hydrogen) atoms. The van der Waals surface area contributed by atoms with E-state index in [9.17, 15) is 4.79 Å². The van der Waals surface area contributed by atoms with Gasteiger partial charge in [0.1, 0.15) is 12.2 Å². The van der Waals surface area contributed by atoms with Crippen molar-refractivity contribution in [1.82, 2.24) is 29.6 Å². The molecule has 0 bridgehead atoms. The molecule has 1 saturated heterocycles. The second-order valence-electron chi connectivity index (χ2n) is 7.16. The van der Waals surface area contributed by atoms with Crippen molar-refractivity contribution < 1.29 is 4.79 Å². The molecule has 7 nitrogen and oxygen atoms in total. The van der Waals surface area contributed by atoms with E-state index in [0.29, 0.717) is 11.7 Å². The van der Waals surface area contributed by atoms with E-state index in [1.807, 2.05) is 31.9 Å². The van der Waals surface area contributed by atoms with Gasteiger partial charge in [0.15, 0.2) is 0 Å². The van der Waals surface area contributed by atoms with Crippen LogP contribution in [0.5, 0.6) is 0 Å². The van der Waals surface area contributed by atoms with Crippen LogP contribution in [0, 0.1) is 5.92 Å². The molecule has 0 saturated carbocycles. The number of hydrogen-bond donors (Lipinski definition) is 1. The van der Waals surface area contributed by atoms with Gasteiger partial charge < -0.3 is 9.88 Å². The van der Waals surface area contributed by atoms with Crippen LogP contribution >= 0.6 is 0 Å². The van der Waals surface area contributed by atoms with Crippen molar-refractivity contribution in [2.24, 2.45) is 5.92 Å². The fourth-order valence-corrected chi connectivity index (χ4v) is 2.85. The second-order valence-corrected chi connectivity index (χ2v) is 7.16. The minimum atomic E-state index is -0.165. The maximum absolute atomic E-state index is 12.5. The van der Waals surface area contributed by atoms with E-state index in [1.54, 1.807) is 17.2 Å². The summed E-state index contributed by atoms with van der Waals surface area (Å²) in [6.45, 7) is 7.63. The third-order valence-corrected chi connectivity index (χ3v) is 4.31. The van der Waals surface area contributed by atoms with Gasteiger partial charge >= 0.3 is 0 Å². The Kier molecular flexibility index (Phi) is 4.19. The number of piperidine rings is 1. The van der Waals surface area contributed by atoms with E-state index in [1.165, 1.54) is 0 Å². The zero-order valence-corrected chi connectivity index (χ0v) is 14.0. The summed E-state index contributed by atoms with van der Waals surface area (Å²) in [4.78, 5) is 26.0. The maximum Gasteiger partial charge on any atom is 0.293 e. The van der Waals surface area contributed by atoms with Crippen LogP contribution in [0.2, 0.25) is 0 Å². The molecule has 2 aromatic heterocycles. The van der Waals surface area contributed by atoms with Gasteiger partial charge in [0.05, 0.1) is 5.54 Å². The quantitative estimate of drug-likeness (QED) is 0.937. The molecule has 1 N–H and O–H groups in total. The lowest BCUT2D eigenvalue weighted by atomic mass is 9.93. The molecule has 0 atom stereocenters. The summed E-state index contributed by atoms with van der Waals surface area (Å²) in [7, 11) is 0. The molecule has 0 unspecified atom stereocenters. The molecular weight excluding hydrogens is 292 g/mol. The van der Waals surface area contributed by atoms with E-state index in [-0.39, 0.29) is 11.4 Å². The number of nitrogens with one attached hydrogen (secondary N) is 1. The van der Waals surface area contributed by atoms with E-state index in [2.05, 4.69) is 20.1 Å². The molecule has 1 aliphatic heterocycles. The van der Waals surface area contributed by atoms with Crippen LogP contribution in [0.25, 0.3) is 0 Å². The normalized spacial score (nSPS) is 16.7. The fourth-order valence-electron chi connectivity index (χ4n) is 2.85. The first-order chi connectivity index (χ1) is 10.9. The summed E-state index contributed by atoms with van der Waals surface area (Å²) in [6, 6.07) is 0. The lowest BCUT2D eigenvalue weighted by molar-refractivity contribution is 0.0676. The predicted octanol–water partition coefficient (Wildman–Crippen LogP) is 1.85. The van der Waals surface area contributed by atoms with Crippen LogP contribution < -0.4 is 0 Å².